The second-order valence-electron chi connectivity index (χ2n) is 7.70. The number of nitrogens with one attached hydrogen (secondary N) is 3. The molecule has 33 heavy (non-hydrogen) atoms. The molecule has 0 rings (SSSR count). The monoisotopic (exact) mass is 474 g/mol. The predicted octanol–water partition coefficient (Wildman–Crippen LogP) is -3.88. The van der Waals surface area contributed by atoms with Crippen molar-refractivity contribution in [1.29, 1.82) is 0 Å². The Morgan fingerprint density at radius 1 is 0.697 bits per heavy atom. The van der Waals surface area contributed by atoms with E-state index in [0.717, 1.165) is 0 Å². The molecular formula is C18H30N6O9. The molecule has 0 aromatic rings. The zero-order chi connectivity index (χ0) is 25.9. The van der Waals surface area contributed by atoms with E-state index in [0.29, 0.717) is 0 Å². The van der Waals surface area contributed by atoms with E-state index in [4.69, 9.17) is 22.3 Å². The van der Waals surface area contributed by atoms with Crippen LogP contribution in [0.3, 0.4) is 0 Å². The lowest BCUT2D eigenvalue weighted by atomic mass is 10.0. The molecule has 0 saturated heterocycles. The highest BCUT2D eigenvalue weighted by atomic mass is 16.4. The van der Waals surface area contributed by atoms with Crippen LogP contribution in [0.25, 0.3) is 0 Å². The zero-order valence-corrected chi connectivity index (χ0v) is 18.2. The summed E-state index contributed by atoms with van der Waals surface area (Å²) in [4.78, 5) is 82.0. The molecule has 0 heterocycles. The molecule has 4 atom stereocenters. The van der Waals surface area contributed by atoms with Gasteiger partial charge in [-0.05, 0) is 12.3 Å². The molecule has 0 spiro atoms. The summed E-state index contributed by atoms with van der Waals surface area (Å²) in [5.74, 6) is -8.14. The standard InChI is InChI=1S/C18H30N6O9/c1-7(2)3-11(18(32)33)24-17(31)10(6-13(21)26)23-16(30)9(5-12(20)25)22-15(29)8(19)4-14(27)28/h7-11H,3-6,19H2,1-2H3,(H2,20,25)(H2,21,26)(H,22,29)(H,23,30)(H,24,31)(H,27,28)(H,32,33). The molecular weight excluding hydrogens is 444 g/mol. The fourth-order valence-electron chi connectivity index (χ4n) is 2.62. The van der Waals surface area contributed by atoms with Crippen LogP contribution in [0.15, 0.2) is 0 Å². The van der Waals surface area contributed by atoms with Crippen LogP contribution in [0.5, 0.6) is 0 Å². The lowest BCUT2D eigenvalue weighted by molar-refractivity contribution is -0.143. The van der Waals surface area contributed by atoms with Gasteiger partial charge in [-0.25, -0.2) is 4.79 Å². The van der Waals surface area contributed by atoms with Gasteiger partial charge in [0.05, 0.1) is 25.3 Å². The summed E-state index contributed by atoms with van der Waals surface area (Å²) in [6.45, 7) is 3.44. The molecule has 0 bridgehead atoms. The van der Waals surface area contributed by atoms with Gasteiger partial charge in [0.25, 0.3) is 0 Å². The molecule has 0 aliphatic carbocycles. The van der Waals surface area contributed by atoms with Crippen molar-refractivity contribution < 1.29 is 43.8 Å². The van der Waals surface area contributed by atoms with Gasteiger partial charge in [0.1, 0.15) is 18.1 Å². The van der Waals surface area contributed by atoms with Gasteiger partial charge in [-0.2, -0.15) is 0 Å². The average molecular weight is 474 g/mol. The van der Waals surface area contributed by atoms with E-state index < -0.39 is 84.9 Å². The van der Waals surface area contributed by atoms with Crippen molar-refractivity contribution in [2.24, 2.45) is 23.1 Å². The number of aliphatic carboxylic acids is 2. The molecule has 0 aromatic heterocycles. The molecule has 0 aromatic carbocycles. The Balaban J connectivity index is 5.56. The van der Waals surface area contributed by atoms with Crippen molar-refractivity contribution in [2.45, 2.75) is 63.7 Å². The smallest absolute Gasteiger partial charge is 0.326 e. The van der Waals surface area contributed by atoms with Crippen LogP contribution in [-0.2, 0) is 33.6 Å². The van der Waals surface area contributed by atoms with Crippen LogP contribution in [0.4, 0.5) is 0 Å². The summed E-state index contributed by atoms with van der Waals surface area (Å²) < 4.78 is 0. The highest BCUT2D eigenvalue weighted by Gasteiger charge is 2.32. The third-order valence-electron chi connectivity index (χ3n) is 4.13. The normalized spacial score (nSPS) is 14.3. The summed E-state index contributed by atoms with van der Waals surface area (Å²) in [5.41, 5.74) is 15.6. The molecule has 15 nitrogen and oxygen atoms in total. The SMILES string of the molecule is CC(C)CC(NC(=O)C(CC(N)=O)NC(=O)C(CC(N)=O)NC(=O)C(N)CC(=O)O)C(=O)O. The summed E-state index contributed by atoms with van der Waals surface area (Å²) in [7, 11) is 0. The Labute approximate surface area is 188 Å². The van der Waals surface area contributed by atoms with Gasteiger partial charge in [0.15, 0.2) is 0 Å². The van der Waals surface area contributed by atoms with Gasteiger partial charge in [0, 0.05) is 0 Å². The second kappa shape index (κ2) is 13.6. The zero-order valence-electron chi connectivity index (χ0n) is 18.2. The van der Waals surface area contributed by atoms with E-state index >= 15 is 0 Å². The Hall–Kier alpha value is -3.75. The maximum absolute atomic E-state index is 12.6. The molecule has 0 fully saturated rings. The molecule has 0 radical (unpaired) electrons. The number of amides is 5. The molecule has 0 aliphatic heterocycles. The minimum Gasteiger partial charge on any atom is -0.481 e. The van der Waals surface area contributed by atoms with Crippen molar-refractivity contribution in [2.75, 3.05) is 0 Å². The number of carbonyl (C=O) groups is 7. The lowest BCUT2D eigenvalue weighted by Crippen LogP contribution is -2.58. The van der Waals surface area contributed by atoms with Gasteiger partial charge in [-0.1, -0.05) is 13.8 Å². The van der Waals surface area contributed by atoms with Crippen molar-refractivity contribution in [3.8, 4) is 0 Å². The maximum Gasteiger partial charge on any atom is 0.326 e. The molecule has 4 unspecified atom stereocenters. The summed E-state index contributed by atoms with van der Waals surface area (Å²) in [6.07, 6.45) is -2.18. The number of nitrogens with two attached hydrogens (primary N) is 3. The number of carboxylic acids is 2. The third-order valence-corrected chi connectivity index (χ3v) is 4.13. The number of primary amides is 2. The first-order valence-electron chi connectivity index (χ1n) is 9.81. The van der Waals surface area contributed by atoms with E-state index in [1.807, 2.05) is 0 Å². The van der Waals surface area contributed by atoms with Crippen LogP contribution < -0.4 is 33.2 Å². The van der Waals surface area contributed by atoms with E-state index in [2.05, 4.69) is 16.0 Å². The number of hydrogen-bond acceptors (Lipinski definition) is 8. The van der Waals surface area contributed by atoms with E-state index in [1.54, 1.807) is 13.8 Å². The summed E-state index contributed by atoms with van der Waals surface area (Å²) in [5, 5.41) is 24.3. The van der Waals surface area contributed by atoms with Gasteiger partial charge >= 0.3 is 11.9 Å². The van der Waals surface area contributed by atoms with Crippen molar-refractivity contribution in [3.63, 3.8) is 0 Å². The van der Waals surface area contributed by atoms with Crippen LogP contribution >= 0.6 is 0 Å². The Morgan fingerprint density at radius 2 is 1.09 bits per heavy atom. The predicted molar refractivity (Wildman–Crippen MR) is 111 cm³/mol. The highest BCUT2D eigenvalue weighted by Crippen LogP contribution is 2.06. The Kier molecular flexibility index (Phi) is 12.1. The maximum atomic E-state index is 12.6. The number of rotatable bonds is 15. The largest absolute Gasteiger partial charge is 0.481 e. The van der Waals surface area contributed by atoms with Crippen LogP contribution in [0.2, 0.25) is 0 Å². The number of carbonyl (C=O) groups excluding carboxylic acids is 5. The fourth-order valence-corrected chi connectivity index (χ4v) is 2.62. The summed E-state index contributed by atoms with van der Waals surface area (Å²) in [6, 6.07) is -6.17. The molecule has 11 N–H and O–H groups in total. The molecule has 0 aliphatic rings. The molecule has 0 saturated carbocycles. The van der Waals surface area contributed by atoms with Gasteiger partial charge < -0.3 is 43.4 Å². The Morgan fingerprint density at radius 3 is 1.42 bits per heavy atom. The van der Waals surface area contributed by atoms with E-state index in [-0.39, 0.29) is 12.3 Å². The van der Waals surface area contributed by atoms with Gasteiger partial charge in [0.2, 0.25) is 29.5 Å². The lowest BCUT2D eigenvalue weighted by Gasteiger charge is -2.24. The molecule has 186 valence electrons. The average Bonchev–Trinajstić information content (AvgIpc) is 2.64. The number of hydrogen-bond donors (Lipinski definition) is 8. The third kappa shape index (κ3) is 12.0. The summed E-state index contributed by atoms with van der Waals surface area (Å²) >= 11 is 0. The fraction of sp³-hybridized carbons (Fsp3) is 0.611. The van der Waals surface area contributed by atoms with E-state index in [9.17, 15) is 38.7 Å². The van der Waals surface area contributed by atoms with E-state index in [1.165, 1.54) is 0 Å². The molecule has 15 heteroatoms. The first kappa shape index (κ1) is 29.2. The highest BCUT2D eigenvalue weighted by molar-refractivity contribution is 5.98. The topological polar surface area (TPSA) is 274 Å². The van der Waals surface area contributed by atoms with Crippen LogP contribution in [-0.4, -0.2) is 75.9 Å². The van der Waals surface area contributed by atoms with Crippen LogP contribution in [0, 0.1) is 5.92 Å². The number of carboxylic acid groups (broad SMARTS) is 2. The van der Waals surface area contributed by atoms with Gasteiger partial charge in [-0.15, -0.1) is 0 Å². The first-order chi connectivity index (χ1) is 15.1. The minimum atomic E-state index is -1.66. The van der Waals surface area contributed by atoms with Crippen LogP contribution in [0.1, 0.15) is 39.5 Å². The van der Waals surface area contributed by atoms with Crippen molar-refractivity contribution in [3.05, 3.63) is 0 Å². The van der Waals surface area contributed by atoms with Crippen molar-refractivity contribution in [1.82, 2.24) is 16.0 Å². The van der Waals surface area contributed by atoms with Crippen molar-refractivity contribution >= 4 is 41.5 Å². The second-order valence-corrected chi connectivity index (χ2v) is 7.70. The minimum absolute atomic E-state index is 0.0557. The Bertz CT molecular complexity index is 785. The van der Waals surface area contributed by atoms with Gasteiger partial charge in [-0.3, -0.25) is 28.8 Å². The quantitative estimate of drug-likeness (QED) is 0.114. The first-order valence-corrected chi connectivity index (χ1v) is 9.81. The molecule has 5 amide bonds.